The minimum absolute atomic E-state index is 0. The summed E-state index contributed by atoms with van der Waals surface area (Å²) < 4.78 is 7.27. The zero-order valence-electron chi connectivity index (χ0n) is 17.5. The molecule has 2 rings (SSSR count). The molecule has 0 spiro atoms. The molecule has 2 N–H and O–H groups in total. The Balaban J connectivity index is 0.00000392. The first-order valence-corrected chi connectivity index (χ1v) is 9.47. The normalized spacial score (nSPS) is 11.7. The molecule has 0 saturated carbocycles. The van der Waals surface area contributed by atoms with Crippen molar-refractivity contribution < 1.29 is 4.74 Å². The molecule has 1 heterocycles. The van der Waals surface area contributed by atoms with Crippen LogP contribution in [-0.2, 0) is 19.4 Å². The highest BCUT2D eigenvalue weighted by Gasteiger charge is 2.12. The third kappa shape index (κ3) is 8.45. The van der Waals surface area contributed by atoms with E-state index in [1.54, 1.807) is 13.4 Å². The molecule has 0 atom stereocenters. The molecular weight excluding hydrogens is 467 g/mol. The van der Waals surface area contributed by atoms with Crippen LogP contribution in [0, 0.1) is 0 Å². The quantitative estimate of drug-likeness (QED) is 0.331. The molecule has 0 unspecified atom stereocenters. The van der Waals surface area contributed by atoms with Crippen LogP contribution >= 0.6 is 24.0 Å². The van der Waals surface area contributed by atoms with Crippen LogP contribution in [0.4, 0.5) is 0 Å². The lowest BCUT2D eigenvalue weighted by Crippen LogP contribution is -2.48. The number of hydrogen-bond donors (Lipinski definition) is 2. The van der Waals surface area contributed by atoms with Gasteiger partial charge >= 0.3 is 0 Å². The van der Waals surface area contributed by atoms with Gasteiger partial charge in [-0.25, -0.2) is 0 Å². The predicted octanol–water partition coefficient (Wildman–Crippen LogP) is 3.04. The Bertz CT molecular complexity index is 721. The molecule has 7 nitrogen and oxygen atoms in total. The smallest absolute Gasteiger partial charge is 0.191 e. The maximum atomic E-state index is 5.20. The minimum atomic E-state index is -0.0584. The highest BCUT2D eigenvalue weighted by Crippen LogP contribution is 2.11. The van der Waals surface area contributed by atoms with Crippen molar-refractivity contribution in [2.75, 3.05) is 20.2 Å². The van der Waals surface area contributed by atoms with Gasteiger partial charge in [0, 0.05) is 31.6 Å². The van der Waals surface area contributed by atoms with Crippen molar-refractivity contribution in [3.05, 3.63) is 42.0 Å². The lowest BCUT2D eigenvalue weighted by Gasteiger charge is -2.24. The number of aliphatic imine (C=N–C) groups is 1. The second-order valence-electron chi connectivity index (χ2n) is 7.42. The van der Waals surface area contributed by atoms with Crippen LogP contribution < -0.4 is 15.4 Å². The van der Waals surface area contributed by atoms with Gasteiger partial charge in [0.2, 0.25) is 0 Å². The summed E-state index contributed by atoms with van der Waals surface area (Å²) in [5.74, 6) is 2.69. The minimum Gasteiger partial charge on any atom is -0.497 e. The number of hydrogen-bond acceptors (Lipinski definition) is 4. The monoisotopic (exact) mass is 500 g/mol. The Hall–Kier alpha value is -1.84. The van der Waals surface area contributed by atoms with E-state index in [1.807, 2.05) is 12.1 Å². The Morgan fingerprint density at radius 3 is 2.54 bits per heavy atom. The Kier molecular flexibility index (Phi) is 10.3. The Morgan fingerprint density at radius 2 is 1.93 bits per heavy atom. The second kappa shape index (κ2) is 11.9. The predicted molar refractivity (Wildman–Crippen MR) is 125 cm³/mol. The molecule has 0 aliphatic carbocycles. The third-order valence-electron chi connectivity index (χ3n) is 3.98. The van der Waals surface area contributed by atoms with Gasteiger partial charge in [-0.15, -0.1) is 34.2 Å². The van der Waals surface area contributed by atoms with Gasteiger partial charge in [-0.05, 0) is 44.9 Å². The fourth-order valence-corrected chi connectivity index (χ4v) is 2.62. The molecule has 1 aromatic carbocycles. The third-order valence-corrected chi connectivity index (χ3v) is 3.98. The van der Waals surface area contributed by atoms with Gasteiger partial charge < -0.3 is 19.9 Å². The zero-order chi connectivity index (χ0) is 19.7. The van der Waals surface area contributed by atoms with Crippen molar-refractivity contribution >= 4 is 29.9 Å². The van der Waals surface area contributed by atoms with Gasteiger partial charge in [-0.1, -0.05) is 19.1 Å². The van der Waals surface area contributed by atoms with E-state index in [0.29, 0.717) is 6.54 Å². The fourth-order valence-electron chi connectivity index (χ4n) is 2.62. The van der Waals surface area contributed by atoms with Crippen LogP contribution in [0.3, 0.4) is 0 Å². The van der Waals surface area contributed by atoms with Crippen molar-refractivity contribution in [2.45, 2.75) is 52.6 Å². The van der Waals surface area contributed by atoms with Crippen molar-refractivity contribution in [1.82, 2.24) is 25.4 Å². The number of guanidine groups is 1. The van der Waals surface area contributed by atoms with Crippen molar-refractivity contribution in [3.8, 4) is 5.75 Å². The summed E-state index contributed by atoms with van der Waals surface area (Å²) in [7, 11) is 1.68. The molecule has 0 aliphatic rings. The molecule has 0 radical (unpaired) electrons. The molecule has 0 aliphatic heterocycles. The largest absolute Gasteiger partial charge is 0.497 e. The number of nitrogens with zero attached hydrogens (tertiary/aromatic N) is 4. The first-order valence-electron chi connectivity index (χ1n) is 9.47. The number of halogens is 1. The molecule has 0 bridgehead atoms. The topological polar surface area (TPSA) is 76.4 Å². The summed E-state index contributed by atoms with van der Waals surface area (Å²) in [6.45, 7) is 10.7. The van der Waals surface area contributed by atoms with Crippen molar-refractivity contribution in [2.24, 2.45) is 4.99 Å². The van der Waals surface area contributed by atoms with Gasteiger partial charge in [0.1, 0.15) is 17.9 Å². The van der Waals surface area contributed by atoms with Gasteiger partial charge in [-0.2, -0.15) is 0 Å². The van der Waals surface area contributed by atoms with Crippen LogP contribution in [0.25, 0.3) is 0 Å². The summed E-state index contributed by atoms with van der Waals surface area (Å²) in [6, 6.07) is 8.13. The number of aromatic nitrogens is 3. The Morgan fingerprint density at radius 1 is 1.21 bits per heavy atom. The molecule has 156 valence electrons. The molecule has 0 fully saturated rings. The highest BCUT2D eigenvalue weighted by atomic mass is 127. The number of nitrogens with one attached hydrogen (secondary N) is 2. The van der Waals surface area contributed by atoms with Crippen LogP contribution in [0.5, 0.6) is 5.75 Å². The standard InChI is InChI=1S/C20H32N6O.HI/c1-6-18-25-23-15-26(18)14-13-22-19(24-20(2,3)4)21-12-11-16-7-9-17(27-5)10-8-16;/h7-10,15H,6,11-14H2,1-5H3,(H2,21,22,24);1H. The summed E-state index contributed by atoms with van der Waals surface area (Å²) in [4.78, 5) is 4.73. The summed E-state index contributed by atoms with van der Waals surface area (Å²) >= 11 is 0. The lowest BCUT2D eigenvalue weighted by molar-refractivity contribution is 0.414. The summed E-state index contributed by atoms with van der Waals surface area (Å²) in [5.41, 5.74) is 1.18. The van der Waals surface area contributed by atoms with E-state index in [9.17, 15) is 0 Å². The lowest BCUT2D eigenvalue weighted by atomic mass is 10.1. The summed E-state index contributed by atoms with van der Waals surface area (Å²) in [6.07, 6.45) is 3.54. The van der Waals surface area contributed by atoms with Gasteiger partial charge in [0.15, 0.2) is 5.96 Å². The molecule has 2 aromatic rings. The van der Waals surface area contributed by atoms with Crippen molar-refractivity contribution in [1.29, 1.82) is 0 Å². The van der Waals surface area contributed by atoms with Crippen LogP contribution in [0.15, 0.2) is 35.6 Å². The summed E-state index contributed by atoms with van der Waals surface area (Å²) in [5, 5.41) is 15.0. The fraction of sp³-hybridized carbons (Fsp3) is 0.550. The van der Waals surface area contributed by atoms with E-state index >= 15 is 0 Å². The van der Waals surface area contributed by atoms with E-state index in [2.05, 4.69) is 65.2 Å². The van der Waals surface area contributed by atoms with Gasteiger partial charge in [-0.3, -0.25) is 4.99 Å². The molecule has 8 heteroatoms. The van der Waals surface area contributed by atoms with Crippen LogP contribution in [0.1, 0.15) is 39.1 Å². The second-order valence-corrected chi connectivity index (χ2v) is 7.42. The number of methoxy groups -OCH3 is 1. The van der Waals surface area contributed by atoms with Gasteiger partial charge in [0.05, 0.1) is 7.11 Å². The number of aryl methyl sites for hydroxylation is 1. The van der Waals surface area contributed by atoms with E-state index in [1.165, 1.54) is 5.56 Å². The Labute approximate surface area is 185 Å². The number of ether oxygens (including phenoxy) is 1. The first kappa shape index (κ1) is 24.2. The maximum absolute atomic E-state index is 5.20. The zero-order valence-corrected chi connectivity index (χ0v) is 19.9. The van der Waals surface area contributed by atoms with E-state index in [-0.39, 0.29) is 29.5 Å². The molecule has 1 aromatic heterocycles. The molecular formula is C20H33IN6O. The molecule has 0 amide bonds. The average Bonchev–Trinajstić information content (AvgIpc) is 3.08. The van der Waals surface area contributed by atoms with Crippen LogP contribution in [0.2, 0.25) is 0 Å². The highest BCUT2D eigenvalue weighted by molar-refractivity contribution is 14.0. The molecule has 28 heavy (non-hydrogen) atoms. The molecule has 0 saturated heterocycles. The van der Waals surface area contributed by atoms with Crippen LogP contribution in [-0.4, -0.2) is 46.5 Å². The van der Waals surface area contributed by atoms with E-state index in [4.69, 9.17) is 9.73 Å². The number of rotatable bonds is 8. The van der Waals surface area contributed by atoms with Gasteiger partial charge in [0.25, 0.3) is 0 Å². The van der Waals surface area contributed by atoms with E-state index < -0.39 is 0 Å². The average molecular weight is 500 g/mol. The van der Waals surface area contributed by atoms with E-state index in [0.717, 1.165) is 43.5 Å². The van der Waals surface area contributed by atoms with Crippen molar-refractivity contribution in [3.63, 3.8) is 0 Å². The number of benzene rings is 1. The first-order chi connectivity index (χ1) is 12.9. The SMILES string of the molecule is CCc1nncn1CCNC(=NCCc1ccc(OC)cc1)NC(C)(C)C.I. The maximum Gasteiger partial charge on any atom is 0.191 e.